The van der Waals surface area contributed by atoms with Crippen LogP contribution in [0.15, 0.2) is 36.7 Å². The van der Waals surface area contributed by atoms with E-state index in [1.165, 1.54) is 0 Å². The monoisotopic (exact) mass is 511 g/mol. The minimum absolute atomic E-state index is 0.0169. The normalized spacial score (nSPS) is 14.5. The molecule has 36 heavy (non-hydrogen) atoms. The number of benzene rings is 1. The van der Waals surface area contributed by atoms with Gasteiger partial charge >= 0.3 is 0 Å². The number of piperidine rings is 1. The molecule has 1 saturated heterocycles. The van der Waals surface area contributed by atoms with Gasteiger partial charge in [-0.2, -0.15) is 5.10 Å². The summed E-state index contributed by atoms with van der Waals surface area (Å²) in [5, 5.41) is 8.17. The van der Waals surface area contributed by atoms with Crippen molar-refractivity contribution in [2.45, 2.75) is 45.7 Å². The second-order valence-electron chi connectivity index (χ2n) is 9.30. The smallest absolute Gasteiger partial charge is 0.253 e. The largest absolute Gasteiger partial charge is 0.495 e. The van der Waals surface area contributed by atoms with Gasteiger partial charge in [-0.25, -0.2) is 9.97 Å². The van der Waals surface area contributed by atoms with Gasteiger partial charge in [-0.3, -0.25) is 9.48 Å². The summed E-state index contributed by atoms with van der Waals surface area (Å²) in [7, 11) is 3.72. The van der Waals surface area contributed by atoms with Gasteiger partial charge < -0.3 is 19.9 Å². The van der Waals surface area contributed by atoms with E-state index in [1.807, 2.05) is 27.9 Å². The number of likely N-dealkylation sites (tertiary alicyclic amines) is 1. The Hall–Kier alpha value is -3.17. The first-order valence-electron chi connectivity index (χ1n) is 12.3. The highest BCUT2D eigenvalue weighted by Gasteiger charge is 2.26. The number of carbonyl (C=O) groups excluding carboxylic acids is 1. The van der Waals surface area contributed by atoms with Gasteiger partial charge in [0.25, 0.3) is 5.91 Å². The van der Waals surface area contributed by atoms with Crippen LogP contribution < -0.4 is 10.1 Å². The van der Waals surface area contributed by atoms with Crippen molar-refractivity contribution < 1.29 is 9.53 Å². The Morgan fingerprint density at radius 2 is 2.03 bits per heavy atom. The number of ether oxygens (including phenoxy) is 1. The SMILES string of the molecule is CCN(C)C1CCN(C(=O)c2ccc(Nc3ncc(Cl)c(-c4ccn(C(C)C)n4)n3)c(OC)c2)CC1. The van der Waals surface area contributed by atoms with Gasteiger partial charge in [0, 0.05) is 36.9 Å². The highest BCUT2D eigenvalue weighted by molar-refractivity contribution is 6.32. The molecule has 0 bridgehead atoms. The maximum Gasteiger partial charge on any atom is 0.253 e. The fourth-order valence-electron chi connectivity index (χ4n) is 4.36. The van der Waals surface area contributed by atoms with Gasteiger partial charge in [0.2, 0.25) is 5.95 Å². The maximum absolute atomic E-state index is 13.2. The lowest BCUT2D eigenvalue weighted by Gasteiger charge is -2.36. The molecule has 1 amide bonds. The van der Waals surface area contributed by atoms with E-state index in [0.29, 0.717) is 45.4 Å². The maximum atomic E-state index is 13.2. The molecular weight excluding hydrogens is 478 g/mol. The van der Waals surface area contributed by atoms with Crippen molar-refractivity contribution in [1.82, 2.24) is 29.5 Å². The summed E-state index contributed by atoms with van der Waals surface area (Å²) in [6, 6.07) is 8.01. The average Bonchev–Trinajstić information content (AvgIpc) is 3.40. The number of methoxy groups -OCH3 is 1. The number of carbonyl (C=O) groups is 1. The molecule has 1 aliphatic rings. The Morgan fingerprint density at radius 1 is 1.28 bits per heavy atom. The van der Waals surface area contributed by atoms with Crippen molar-refractivity contribution >= 4 is 29.1 Å². The molecule has 10 heteroatoms. The summed E-state index contributed by atoms with van der Waals surface area (Å²) < 4.78 is 7.44. The third-order valence-corrected chi connectivity index (χ3v) is 6.97. The number of aromatic nitrogens is 4. The molecule has 3 aromatic rings. The van der Waals surface area contributed by atoms with Crippen LogP contribution in [0.4, 0.5) is 11.6 Å². The van der Waals surface area contributed by atoms with E-state index in [4.69, 9.17) is 16.3 Å². The lowest BCUT2D eigenvalue weighted by atomic mass is 10.0. The summed E-state index contributed by atoms with van der Waals surface area (Å²) in [5.74, 6) is 0.904. The van der Waals surface area contributed by atoms with Gasteiger partial charge in [-0.1, -0.05) is 18.5 Å². The van der Waals surface area contributed by atoms with Gasteiger partial charge in [-0.15, -0.1) is 0 Å². The fraction of sp³-hybridized carbons (Fsp3) is 0.462. The van der Waals surface area contributed by atoms with Crippen LogP contribution in [0.2, 0.25) is 5.02 Å². The quantitative estimate of drug-likeness (QED) is 0.461. The molecule has 1 aromatic carbocycles. The van der Waals surface area contributed by atoms with Crippen LogP contribution in [-0.4, -0.2) is 75.3 Å². The van der Waals surface area contributed by atoms with Crippen molar-refractivity contribution in [2.75, 3.05) is 39.1 Å². The van der Waals surface area contributed by atoms with Crippen molar-refractivity contribution in [3.05, 3.63) is 47.2 Å². The van der Waals surface area contributed by atoms with E-state index >= 15 is 0 Å². The topological polar surface area (TPSA) is 88.4 Å². The molecule has 0 spiro atoms. The predicted octanol–water partition coefficient (Wildman–Crippen LogP) is 4.88. The molecule has 2 aromatic heterocycles. The predicted molar refractivity (Wildman–Crippen MR) is 142 cm³/mol. The first-order valence-corrected chi connectivity index (χ1v) is 12.7. The Kier molecular flexibility index (Phi) is 8.11. The van der Waals surface area contributed by atoms with E-state index in [1.54, 1.807) is 25.4 Å². The lowest BCUT2D eigenvalue weighted by molar-refractivity contribution is 0.0650. The molecule has 0 radical (unpaired) electrons. The molecule has 1 fully saturated rings. The summed E-state index contributed by atoms with van der Waals surface area (Å²) in [4.78, 5) is 26.3. The number of anilines is 2. The highest BCUT2D eigenvalue weighted by Crippen LogP contribution is 2.31. The van der Waals surface area contributed by atoms with Crippen LogP contribution in [0.5, 0.6) is 5.75 Å². The minimum atomic E-state index is 0.0169. The Balaban J connectivity index is 1.50. The molecule has 3 heterocycles. The van der Waals surface area contributed by atoms with Gasteiger partial charge in [0.05, 0.1) is 24.0 Å². The number of halogens is 1. The molecule has 1 aliphatic heterocycles. The zero-order chi connectivity index (χ0) is 25.8. The average molecular weight is 512 g/mol. The Morgan fingerprint density at radius 3 is 2.67 bits per heavy atom. The van der Waals surface area contributed by atoms with Gasteiger partial charge in [-0.05, 0) is 64.5 Å². The molecule has 4 rings (SSSR count). The highest BCUT2D eigenvalue weighted by atomic mass is 35.5. The van der Waals surface area contributed by atoms with Crippen molar-refractivity contribution in [1.29, 1.82) is 0 Å². The molecule has 0 saturated carbocycles. The first kappa shape index (κ1) is 25.9. The van der Waals surface area contributed by atoms with Crippen LogP contribution in [0.3, 0.4) is 0 Å². The zero-order valence-corrected chi connectivity index (χ0v) is 22.3. The van der Waals surface area contributed by atoms with Crippen molar-refractivity contribution in [3.8, 4) is 17.1 Å². The molecule has 0 atom stereocenters. The molecule has 9 nitrogen and oxygen atoms in total. The number of nitrogens with one attached hydrogen (secondary N) is 1. The standard InChI is InChI=1S/C26H34ClN7O2/c1-6-32(4)19-9-12-33(13-10-19)25(35)18-7-8-21(23(15-18)36-5)29-26-28-16-20(27)24(30-26)22-11-14-34(31-22)17(2)3/h7-8,11,14-17,19H,6,9-10,12-13H2,1-5H3,(H,28,29,30). The van der Waals surface area contributed by atoms with Crippen molar-refractivity contribution in [3.63, 3.8) is 0 Å². The van der Waals surface area contributed by atoms with Crippen LogP contribution in [-0.2, 0) is 0 Å². The van der Waals surface area contributed by atoms with Crippen LogP contribution >= 0.6 is 11.6 Å². The third-order valence-electron chi connectivity index (χ3n) is 6.69. The first-order chi connectivity index (χ1) is 17.3. The molecule has 0 aliphatic carbocycles. The van der Waals surface area contributed by atoms with E-state index in [9.17, 15) is 4.79 Å². The van der Waals surface area contributed by atoms with Gasteiger partial charge in [0.1, 0.15) is 17.1 Å². The molecule has 192 valence electrons. The zero-order valence-electron chi connectivity index (χ0n) is 21.5. The molecule has 1 N–H and O–H groups in total. The second kappa shape index (κ2) is 11.3. The molecular formula is C26H34ClN7O2. The molecule has 0 unspecified atom stereocenters. The lowest BCUT2D eigenvalue weighted by Crippen LogP contribution is -2.45. The third kappa shape index (κ3) is 5.63. The van der Waals surface area contributed by atoms with E-state index in [-0.39, 0.29) is 11.9 Å². The summed E-state index contributed by atoms with van der Waals surface area (Å²) in [5.41, 5.74) is 2.45. The Bertz CT molecular complexity index is 1200. The fourth-order valence-corrected chi connectivity index (χ4v) is 4.55. The summed E-state index contributed by atoms with van der Waals surface area (Å²) >= 11 is 6.37. The van der Waals surface area contributed by atoms with E-state index in [2.05, 4.69) is 53.1 Å². The summed E-state index contributed by atoms with van der Waals surface area (Å²) in [6.07, 6.45) is 5.41. The number of amides is 1. The van der Waals surface area contributed by atoms with Crippen molar-refractivity contribution in [2.24, 2.45) is 0 Å². The second-order valence-corrected chi connectivity index (χ2v) is 9.71. The summed E-state index contributed by atoms with van der Waals surface area (Å²) in [6.45, 7) is 8.80. The number of rotatable bonds is 8. The minimum Gasteiger partial charge on any atom is -0.495 e. The van der Waals surface area contributed by atoms with Gasteiger partial charge in [0.15, 0.2) is 0 Å². The number of hydrogen-bond acceptors (Lipinski definition) is 7. The van der Waals surface area contributed by atoms with Crippen LogP contribution in [0.25, 0.3) is 11.4 Å². The van der Waals surface area contributed by atoms with E-state index < -0.39 is 0 Å². The van der Waals surface area contributed by atoms with Crippen LogP contribution in [0, 0.1) is 0 Å². The Labute approximate surface area is 217 Å². The van der Waals surface area contributed by atoms with Crippen LogP contribution in [0.1, 0.15) is 50.0 Å². The van der Waals surface area contributed by atoms with E-state index in [0.717, 1.165) is 32.5 Å². The number of hydrogen-bond donors (Lipinski definition) is 1. The number of nitrogens with zero attached hydrogens (tertiary/aromatic N) is 6.